The summed E-state index contributed by atoms with van der Waals surface area (Å²) in [6.07, 6.45) is 0.591. The van der Waals surface area contributed by atoms with E-state index in [-0.39, 0.29) is 13.0 Å². The fourth-order valence-corrected chi connectivity index (χ4v) is 2.33. The maximum atomic E-state index is 12.4. The minimum atomic E-state index is -1.68. The van der Waals surface area contributed by atoms with Crippen molar-refractivity contribution in [2.45, 2.75) is 32.1 Å². The van der Waals surface area contributed by atoms with E-state index in [1.807, 2.05) is 13.0 Å². The first kappa shape index (κ1) is 17.2. The molecule has 1 aromatic rings. The van der Waals surface area contributed by atoms with Gasteiger partial charge in [0.1, 0.15) is 0 Å². The minimum absolute atomic E-state index is 0.137. The average Bonchev–Trinajstić information content (AvgIpc) is 2.43. The van der Waals surface area contributed by atoms with Gasteiger partial charge in [-0.1, -0.05) is 29.8 Å². The summed E-state index contributed by atoms with van der Waals surface area (Å²) in [5, 5.41) is 9.72. The van der Waals surface area contributed by atoms with E-state index in [2.05, 4.69) is 0 Å². The van der Waals surface area contributed by atoms with Crippen LogP contribution in [0.5, 0.6) is 0 Å². The fourth-order valence-electron chi connectivity index (χ4n) is 2.33. The standard InChI is InChI=1S/C16H22O5/c1-4-21-15(19)16(14(17)18,9-6-10-20-3)13-8-5-7-12(2)11-13/h5,7-8,11H,4,6,9-10H2,1-3H3,(H,17,18). The molecule has 0 amide bonds. The molecule has 0 heterocycles. The number of methoxy groups -OCH3 is 1. The number of hydrogen-bond acceptors (Lipinski definition) is 4. The van der Waals surface area contributed by atoms with Gasteiger partial charge in [-0.15, -0.1) is 0 Å². The molecule has 1 rings (SSSR count). The van der Waals surface area contributed by atoms with Crippen LogP contribution in [0.25, 0.3) is 0 Å². The predicted molar refractivity (Wildman–Crippen MR) is 78.2 cm³/mol. The monoisotopic (exact) mass is 294 g/mol. The molecule has 1 aromatic carbocycles. The number of ether oxygens (including phenoxy) is 2. The van der Waals surface area contributed by atoms with Gasteiger partial charge in [-0.25, -0.2) is 0 Å². The number of carboxylic acid groups (broad SMARTS) is 1. The molecule has 5 nitrogen and oxygen atoms in total. The molecule has 0 aliphatic rings. The number of benzene rings is 1. The third-order valence-electron chi connectivity index (χ3n) is 3.40. The summed E-state index contributed by atoms with van der Waals surface area (Å²) in [5.41, 5.74) is -0.334. The van der Waals surface area contributed by atoms with Crippen molar-refractivity contribution >= 4 is 11.9 Å². The van der Waals surface area contributed by atoms with E-state index in [1.54, 1.807) is 32.2 Å². The molecule has 1 N–H and O–H groups in total. The summed E-state index contributed by atoms with van der Waals surface area (Å²) in [5.74, 6) is -1.91. The second-order valence-corrected chi connectivity index (χ2v) is 4.90. The van der Waals surface area contributed by atoms with Gasteiger partial charge in [0.15, 0.2) is 5.41 Å². The summed E-state index contributed by atoms with van der Waals surface area (Å²) in [6.45, 7) is 4.05. The highest BCUT2D eigenvalue weighted by Crippen LogP contribution is 2.32. The predicted octanol–water partition coefficient (Wildman–Crippen LogP) is 2.31. The Morgan fingerprint density at radius 1 is 1.33 bits per heavy atom. The van der Waals surface area contributed by atoms with Gasteiger partial charge in [0.25, 0.3) is 0 Å². The zero-order valence-corrected chi connectivity index (χ0v) is 12.7. The summed E-state index contributed by atoms with van der Waals surface area (Å²) < 4.78 is 10.0. The third kappa shape index (κ3) is 3.82. The first-order chi connectivity index (χ1) is 9.98. The van der Waals surface area contributed by atoms with Crippen LogP contribution in [0.1, 0.15) is 30.9 Å². The second-order valence-electron chi connectivity index (χ2n) is 4.90. The molecule has 0 saturated heterocycles. The molecule has 0 fully saturated rings. The number of carboxylic acids is 1. The molecule has 0 spiro atoms. The molecule has 0 aromatic heterocycles. The first-order valence-electron chi connectivity index (χ1n) is 6.95. The van der Waals surface area contributed by atoms with Gasteiger partial charge in [-0.2, -0.15) is 0 Å². The van der Waals surface area contributed by atoms with Crippen LogP contribution in [0.15, 0.2) is 24.3 Å². The van der Waals surface area contributed by atoms with Gasteiger partial charge >= 0.3 is 11.9 Å². The molecule has 0 aliphatic heterocycles. The molecule has 21 heavy (non-hydrogen) atoms. The van der Waals surface area contributed by atoms with Crippen molar-refractivity contribution in [1.82, 2.24) is 0 Å². The lowest BCUT2D eigenvalue weighted by molar-refractivity contribution is -0.162. The summed E-state index contributed by atoms with van der Waals surface area (Å²) in [7, 11) is 1.54. The first-order valence-corrected chi connectivity index (χ1v) is 6.95. The zero-order chi connectivity index (χ0) is 15.9. The number of carbonyl (C=O) groups excluding carboxylic acids is 1. The smallest absolute Gasteiger partial charge is 0.328 e. The van der Waals surface area contributed by atoms with Gasteiger partial charge in [0.2, 0.25) is 0 Å². The van der Waals surface area contributed by atoms with Gasteiger partial charge in [-0.05, 0) is 32.3 Å². The van der Waals surface area contributed by atoms with Crippen molar-refractivity contribution in [3.63, 3.8) is 0 Å². The average molecular weight is 294 g/mol. The SMILES string of the molecule is CCOC(=O)C(CCCOC)(C(=O)O)c1cccc(C)c1. The van der Waals surface area contributed by atoms with Crippen LogP contribution >= 0.6 is 0 Å². The zero-order valence-electron chi connectivity index (χ0n) is 12.7. The van der Waals surface area contributed by atoms with Gasteiger partial charge in [0, 0.05) is 13.7 Å². The lowest BCUT2D eigenvalue weighted by atomic mass is 9.76. The van der Waals surface area contributed by atoms with Gasteiger partial charge in [0.05, 0.1) is 6.61 Å². The normalized spacial score (nSPS) is 13.5. The Bertz CT molecular complexity index is 497. The minimum Gasteiger partial charge on any atom is -0.480 e. The molecule has 116 valence electrons. The maximum Gasteiger partial charge on any atom is 0.328 e. The van der Waals surface area contributed by atoms with Crippen LogP contribution in [0, 0.1) is 6.92 Å². The van der Waals surface area contributed by atoms with Gasteiger partial charge in [-0.3, -0.25) is 9.59 Å². The highest BCUT2D eigenvalue weighted by Gasteiger charge is 2.48. The molecule has 5 heteroatoms. The Morgan fingerprint density at radius 2 is 2.05 bits per heavy atom. The number of aliphatic carboxylic acids is 1. The van der Waals surface area contributed by atoms with Crippen molar-refractivity contribution in [3.8, 4) is 0 Å². The number of aryl methyl sites for hydroxylation is 1. The largest absolute Gasteiger partial charge is 0.480 e. The highest BCUT2D eigenvalue weighted by molar-refractivity contribution is 6.05. The van der Waals surface area contributed by atoms with Crippen LogP contribution in [0.2, 0.25) is 0 Å². The Balaban J connectivity index is 3.29. The second kappa shape index (κ2) is 7.78. The highest BCUT2D eigenvalue weighted by atomic mass is 16.5. The van der Waals surface area contributed by atoms with Crippen molar-refractivity contribution in [2.75, 3.05) is 20.3 Å². The van der Waals surface area contributed by atoms with E-state index < -0.39 is 17.4 Å². The Morgan fingerprint density at radius 3 is 2.57 bits per heavy atom. The van der Waals surface area contributed by atoms with Crippen molar-refractivity contribution in [1.29, 1.82) is 0 Å². The summed E-state index contributed by atoms with van der Waals surface area (Å²) in [6, 6.07) is 6.98. The Labute approximate surface area is 124 Å². The van der Waals surface area contributed by atoms with Crippen molar-refractivity contribution in [2.24, 2.45) is 0 Å². The van der Waals surface area contributed by atoms with Crippen molar-refractivity contribution in [3.05, 3.63) is 35.4 Å². The lowest BCUT2D eigenvalue weighted by Gasteiger charge is -2.28. The van der Waals surface area contributed by atoms with Crippen molar-refractivity contribution < 1.29 is 24.2 Å². The third-order valence-corrected chi connectivity index (χ3v) is 3.40. The number of carbonyl (C=O) groups is 2. The van der Waals surface area contributed by atoms with E-state index in [4.69, 9.17) is 9.47 Å². The number of rotatable bonds is 8. The lowest BCUT2D eigenvalue weighted by Crippen LogP contribution is -2.45. The molecule has 0 radical (unpaired) electrons. The Kier molecular flexibility index (Phi) is 6.37. The summed E-state index contributed by atoms with van der Waals surface area (Å²) >= 11 is 0. The van der Waals surface area contributed by atoms with E-state index >= 15 is 0 Å². The molecular weight excluding hydrogens is 272 g/mol. The van der Waals surface area contributed by atoms with E-state index in [0.717, 1.165) is 5.56 Å². The Hall–Kier alpha value is -1.88. The molecule has 0 aliphatic carbocycles. The van der Waals surface area contributed by atoms with Crippen LogP contribution in [0.4, 0.5) is 0 Å². The quantitative estimate of drug-likeness (QED) is 0.452. The van der Waals surface area contributed by atoms with Gasteiger partial charge < -0.3 is 14.6 Å². The van der Waals surface area contributed by atoms with E-state index in [9.17, 15) is 14.7 Å². The molecular formula is C16H22O5. The van der Waals surface area contributed by atoms with E-state index in [0.29, 0.717) is 18.6 Å². The number of hydrogen-bond donors (Lipinski definition) is 1. The summed E-state index contributed by atoms with van der Waals surface area (Å²) in [4.78, 5) is 24.3. The fraction of sp³-hybridized carbons (Fsp3) is 0.500. The van der Waals surface area contributed by atoms with Crippen LogP contribution < -0.4 is 0 Å². The van der Waals surface area contributed by atoms with Crippen LogP contribution in [-0.4, -0.2) is 37.4 Å². The molecule has 1 unspecified atom stereocenters. The van der Waals surface area contributed by atoms with Crippen LogP contribution in [0.3, 0.4) is 0 Å². The molecule has 0 saturated carbocycles. The van der Waals surface area contributed by atoms with E-state index in [1.165, 1.54) is 0 Å². The molecule has 0 bridgehead atoms. The maximum absolute atomic E-state index is 12.4. The number of esters is 1. The van der Waals surface area contributed by atoms with Crippen LogP contribution in [-0.2, 0) is 24.5 Å². The molecule has 1 atom stereocenters. The topological polar surface area (TPSA) is 72.8 Å².